The maximum Gasteiger partial charge on any atom is 0.418 e. The zero-order chi connectivity index (χ0) is 19.3. The highest BCUT2D eigenvalue weighted by molar-refractivity contribution is 5.74. The van der Waals surface area contributed by atoms with Crippen LogP contribution in [0.15, 0.2) is 24.4 Å². The number of rotatable bonds is 2. The topological polar surface area (TPSA) is 40.2 Å². The van der Waals surface area contributed by atoms with Gasteiger partial charge in [-0.3, -0.25) is 0 Å². The summed E-state index contributed by atoms with van der Waals surface area (Å²) in [6.07, 6.45) is -2.38. The molecule has 2 N–H and O–H groups in total. The number of alkyl halides is 3. The Morgan fingerprint density at radius 3 is 2.70 bits per heavy atom. The molecule has 1 fully saturated rings. The monoisotopic (exact) mass is 380 g/mol. The van der Waals surface area contributed by atoms with Crippen molar-refractivity contribution in [3.05, 3.63) is 47.0 Å². The number of anilines is 3. The number of nitrogens with zero attached hydrogens (tertiary/aromatic N) is 2. The number of pyridine rings is 1. The summed E-state index contributed by atoms with van der Waals surface area (Å²) in [5.74, 6) is -0.585. The van der Waals surface area contributed by atoms with Crippen molar-refractivity contribution in [1.29, 1.82) is 0 Å². The lowest BCUT2D eigenvalue weighted by molar-refractivity contribution is -0.137. The van der Waals surface area contributed by atoms with Crippen LogP contribution in [-0.4, -0.2) is 31.2 Å². The first-order valence-corrected chi connectivity index (χ1v) is 8.83. The zero-order valence-corrected chi connectivity index (χ0v) is 15.0. The molecule has 0 spiro atoms. The van der Waals surface area contributed by atoms with Crippen molar-refractivity contribution in [2.75, 3.05) is 30.4 Å². The van der Waals surface area contributed by atoms with Gasteiger partial charge in [0.05, 0.1) is 23.1 Å². The normalized spacial score (nSPS) is 21.8. The summed E-state index contributed by atoms with van der Waals surface area (Å²) in [6.45, 7) is 3.01. The number of aryl methyl sites for hydroxylation is 1. The molecular weight excluding hydrogens is 360 g/mol. The van der Waals surface area contributed by atoms with Crippen molar-refractivity contribution in [1.82, 2.24) is 10.3 Å². The third kappa shape index (κ3) is 3.12. The van der Waals surface area contributed by atoms with E-state index in [2.05, 4.69) is 15.6 Å². The molecule has 0 bridgehead atoms. The Morgan fingerprint density at radius 2 is 2.00 bits per heavy atom. The second-order valence-electron chi connectivity index (χ2n) is 7.19. The quantitative estimate of drug-likeness (QED) is 0.606. The van der Waals surface area contributed by atoms with E-state index in [0.717, 1.165) is 19.0 Å². The number of halogens is 4. The molecule has 1 aromatic carbocycles. The van der Waals surface area contributed by atoms with Gasteiger partial charge in [0.1, 0.15) is 0 Å². The molecule has 4 nitrogen and oxygen atoms in total. The highest BCUT2D eigenvalue weighted by Crippen LogP contribution is 2.50. The van der Waals surface area contributed by atoms with Crippen LogP contribution in [0.25, 0.3) is 0 Å². The zero-order valence-electron chi connectivity index (χ0n) is 15.0. The van der Waals surface area contributed by atoms with Gasteiger partial charge in [0.2, 0.25) is 5.95 Å². The van der Waals surface area contributed by atoms with Crippen LogP contribution in [0.5, 0.6) is 0 Å². The number of fused-ring (bicyclic) bond motifs is 3. The van der Waals surface area contributed by atoms with E-state index >= 15 is 0 Å². The van der Waals surface area contributed by atoms with Crippen LogP contribution in [0.1, 0.15) is 29.0 Å². The minimum atomic E-state index is -4.46. The summed E-state index contributed by atoms with van der Waals surface area (Å²) in [5.41, 5.74) is 1.42. The molecule has 2 atom stereocenters. The Morgan fingerprint density at radius 1 is 1.22 bits per heavy atom. The lowest BCUT2D eigenvalue weighted by atomic mass is 9.89. The molecule has 0 amide bonds. The molecule has 4 rings (SSSR count). The van der Waals surface area contributed by atoms with Gasteiger partial charge in [-0.15, -0.1) is 0 Å². The fourth-order valence-electron chi connectivity index (χ4n) is 4.21. The summed E-state index contributed by atoms with van der Waals surface area (Å²) >= 11 is 0. The van der Waals surface area contributed by atoms with Crippen LogP contribution in [0.2, 0.25) is 0 Å². The number of piperidine rings is 1. The smallest absolute Gasteiger partial charge is 0.370 e. The number of hydrogen-bond donors (Lipinski definition) is 2. The number of likely N-dealkylation sites (N-methyl/N-ethyl adjacent to an activating group) is 1. The second-order valence-corrected chi connectivity index (χ2v) is 7.19. The Kier molecular flexibility index (Phi) is 4.25. The van der Waals surface area contributed by atoms with E-state index in [1.54, 1.807) is 24.9 Å². The number of hydrogen-bond acceptors (Lipinski definition) is 4. The van der Waals surface area contributed by atoms with Crippen molar-refractivity contribution in [2.45, 2.75) is 31.5 Å². The maximum atomic E-state index is 13.8. The molecule has 144 valence electrons. The highest BCUT2D eigenvalue weighted by atomic mass is 19.4. The Hall–Kier alpha value is -2.35. The first kappa shape index (κ1) is 18.0. The molecule has 8 heteroatoms. The van der Waals surface area contributed by atoms with Crippen molar-refractivity contribution >= 4 is 17.1 Å². The molecule has 2 unspecified atom stereocenters. The second kappa shape index (κ2) is 6.37. The predicted molar refractivity (Wildman–Crippen MR) is 96.1 cm³/mol. The van der Waals surface area contributed by atoms with Gasteiger partial charge < -0.3 is 15.5 Å². The summed E-state index contributed by atoms with van der Waals surface area (Å²) in [4.78, 5) is 5.40. The van der Waals surface area contributed by atoms with Gasteiger partial charge in [-0.2, -0.15) is 17.6 Å². The van der Waals surface area contributed by atoms with E-state index < -0.39 is 17.7 Å². The van der Waals surface area contributed by atoms with Gasteiger partial charge in [-0.25, -0.2) is 4.98 Å². The summed E-state index contributed by atoms with van der Waals surface area (Å²) in [7, 11) is 1.74. The predicted octanol–water partition coefficient (Wildman–Crippen LogP) is 4.19. The van der Waals surface area contributed by atoms with Crippen LogP contribution < -0.4 is 15.5 Å². The van der Waals surface area contributed by atoms with E-state index in [0.29, 0.717) is 29.0 Å². The minimum absolute atomic E-state index is 0.00896. The molecule has 0 radical (unpaired) electrons. The van der Waals surface area contributed by atoms with Crippen LogP contribution in [0, 0.1) is 12.9 Å². The van der Waals surface area contributed by atoms with E-state index in [4.69, 9.17) is 0 Å². The largest absolute Gasteiger partial charge is 0.418 e. The van der Waals surface area contributed by atoms with Crippen LogP contribution in [-0.2, 0) is 6.18 Å². The molecule has 2 aliphatic heterocycles. The van der Waals surface area contributed by atoms with Crippen molar-refractivity contribution in [3.8, 4) is 0 Å². The minimum Gasteiger partial charge on any atom is -0.370 e. The fraction of sp³-hybridized carbons (Fsp3) is 0.421. The lowest BCUT2D eigenvalue weighted by Gasteiger charge is -2.31. The Bertz CT molecular complexity index is 881. The number of benzene rings is 1. The lowest BCUT2D eigenvalue weighted by Crippen LogP contribution is -2.42. The Balaban J connectivity index is 1.79. The molecule has 3 heterocycles. The molecule has 1 saturated heterocycles. The molecular formula is C19H20F4N4. The van der Waals surface area contributed by atoms with Crippen LogP contribution in [0.3, 0.4) is 0 Å². The Labute approximate surface area is 154 Å². The van der Waals surface area contributed by atoms with Gasteiger partial charge in [-0.05, 0) is 43.7 Å². The molecule has 2 aromatic rings. The molecule has 0 aliphatic carbocycles. The number of aromatic nitrogens is 1. The number of nitrogens with one attached hydrogen (secondary N) is 2. The van der Waals surface area contributed by atoms with Crippen molar-refractivity contribution < 1.29 is 17.6 Å². The first-order valence-electron chi connectivity index (χ1n) is 8.83. The van der Waals surface area contributed by atoms with Gasteiger partial charge in [0.25, 0.3) is 0 Å². The van der Waals surface area contributed by atoms with E-state index in [1.807, 2.05) is 0 Å². The summed E-state index contributed by atoms with van der Waals surface area (Å²) in [5, 5.41) is 6.24. The molecule has 27 heavy (non-hydrogen) atoms. The summed E-state index contributed by atoms with van der Waals surface area (Å²) in [6, 6.07) is 4.49. The van der Waals surface area contributed by atoms with Crippen molar-refractivity contribution in [2.24, 2.45) is 0 Å². The SMILES string of the molecule is Cc1cc(Nc2cc3c(c(C(F)(F)F)c2)N(C)C2CCNCC32)cnc1F. The molecule has 2 aliphatic rings. The maximum absolute atomic E-state index is 13.8. The van der Waals surface area contributed by atoms with Gasteiger partial charge in [0.15, 0.2) is 0 Å². The highest BCUT2D eigenvalue weighted by Gasteiger charge is 2.45. The van der Waals surface area contributed by atoms with Gasteiger partial charge in [-0.1, -0.05) is 0 Å². The molecule has 0 saturated carbocycles. The first-order chi connectivity index (χ1) is 12.8. The van der Waals surface area contributed by atoms with Gasteiger partial charge in [0, 0.05) is 36.8 Å². The van der Waals surface area contributed by atoms with Crippen molar-refractivity contribution in [3.63, 3.8) is 0 Å². The van der Waals surface area contributed by atoms with E-state index in [-0.39, 0.29) is 17.6 Å². The van der Waals surface area contributed by atoms with Crippen LogP contribution >= 0.6 is 0 Å². The van der Waals surface area contributed by atoms with E-state index in [9.17, 15) is 17.6 Å². The summed E-state index contributed by atoms with van der Waals surface area (Å²) < 4.78 is 54.8. The average molecular weight is 380 g/mol. The van der Waals surface area contributed by atoms with Gasteiger partial charge >= 0.3 is 6.18 Å². The third-order valence-electron chi connectivity index (χ3n) is 5.44. The standard InChI is InChI=1S/C19H20F4N4/c1-10-5-12(8-25-18(10)20)26-11-6-13-14-9-24-4-3-16(14)27(2)17(13)15(7-11)19(21,22)23/h5-8,14,16,24,26H,3-4,9H2,1-2H3. The van der Waals surface area contributed by atoms with Crippen LogP contribution in [0.4, 0.5) is 34.6 Å². The fourth-order valence-corrected chi connectivity index (χ4v) is 4.21. The third-order valence-corrected chi connectivity index (χ3v) is 5.44. The average Bonchev–Trinajstić information content (AvgIpc) is 2.90. The van der Waals surface area contributed by atoms with E-state index in [1.165, 1.54) is 12.3 Å². The molecule has 1 aromatic heterocycles.